The van der Waals surface area contributed by atoms with E-state index in [1.807, 2.05) is 0 Å². The van der Waals surface area contributed by atoms with Crippen molar-refractivity contribution in [3.8, 4) is 0 Å². The quantitative estimate of drug-likeness (QED) is 0.700. The average molecular weight is 435 g/mol. The van der Waals surface area contributed by atoms with Crippen LogP contribution >= 0.6 is 15.9 Å². The third-order valence-corrected chi connectivity index (χ3v) is 4.75. The average Bonchev–Trinajstić information content (AvgIpc) is 3.12. The summed E-state index contributed by atoms with van der Waals surface area (Å²) < 4.78 is 5.68. The molecule has 1 aliphatic heterocycles. The summed E-state index contributed by atoms with van der Waals surface area (Å²) in [5.74, 6) is -0.0736. The van der Waals surface area contributed by atoms with Crippen molar-refractivity contribution in [2.75, 3.05) is 6.54 Å². The van der Waals surface area contributed by atoms with E-state index in [9.17, 15) is 14.4 Å². The van der Waals surface area contributed by atoms with Gasteiger partial charge in [-0.2, -0.15) is 4.98 Å². The van der Waals surface area contributed by atoms with Gasteiger partial charge in [0.2, 0.25) is 11.8 Å². The summed E-state index contributed by atoms with van der Waals surface area (Å²) in [5.41, 5.74) is -0.00917. The third kappa shape index (κ3) is 3.92. The number of nitrogens with one attached hydrogen (secondary N) is 1. The minimum absolute atomic E-state index is 0.164. The topological polar surface area (TPSA) is 105 Å². The minimum atomic E-state index is -0.781. The number of carbonyl (C=O) groups is 3. The first kappa shape index (κ1) is 19.2. The fourth-order valence-corrected chi connectivity index (χ4v) is 3.24. The smallest absolute Gasteiger partial charge is 0.261 e. The van der Waals surface area contributed by atoms with Crippen LogP contribution in [0.1, 0.15) is 59.1 Å². The number of imide groups is 1. The lowest BCUT2D eigenvalue weighted by molar-refractivity contribution is -0.123. The lowest BCUT2D eigenvalue weighted by Crippen LogP contribution is -2.42. The highest BCUT2D eigenvalue weighted by Gasteiger charge is 2.35. The predicted octanol–water partition coefficient (Wildman–Crippen LogP) is 2.57. The predicted molar refractivity (Wildman–Crippen MR) is 98.9 cm³/mol. The Labute approximate surface area is 164 Å². The molecular formula is C18H19BrN4O4. The monoisotopic (exact) mass is 434 g/mol. The van der Waals surface area contributed by atoms with E-state index in [0.717, 1.165) is 4.47 Å². The van der Waals surface area contributed by atoms with Gasteiger partial charge in [0, 0.05) is 24.4 Å². The first-order chi connectivity index (χ1) is 12.7. The molecule has 0 aliphatic carbocycles. The Balaban J connectivity index is 1.55. The SMILES string of the molecule is Cc1nc(C(C)(C)NC(=O)CCCN2C(=O)c3ccc(Br)cc3C2=O)no1. The van der Waals surface area contributed by atoms with E-state index in [4.69, 9.17) is 4.52 Å². The van der Waals surface area contributed by atoms with Gasteiger partial charge in [0.25, 0.3) is 11.8 Å². The van der Waals surface area contributed by atoms with Crippen LogP contribution in [0.4, 0.5) is 0 Å². The number of hydrogen-bond donors (Lipinski definition) is 1. The molecule has 1 aromatic carbocycles. The number of fused-ring (bicyclic) bond motifs is 1. The Bertz CT molecular complexity index is 922. The molecule has 8 nitrogen and oxygen atoms in total. The molecule has 9 heteroatoms. The number of nitrogens with zero attached hydrogens (tertiary/aromatic N) is 3. The van der Waals surface area contributed by atoms with E-state index in [1.165, 1.54) is 4.90 Å². The van der Waals surface area contributed by atoms with Gasteiger partial charge < -0.3 is 9.84 Å². The Hall–Kier alpha value is -2.55. The van der Waals surface area contributed by atoms with Crippen LogP contribution in [-0.2, 0) is 10.3 Å². The van der Waals surface area contributed by atoms with Gasteiger partial charge in [0.15, 0.2) is 5.82 Å². The zero-order chi connectivity index (χ0) is 19.8. The largest absolute Gasteiger partial charge is 0.344 e. The van der Waals surface area contributed by atoms with Crippen molar-refractivity contribution >= 4 is 33.7 Å². The molecule has 0 spiro atoms. The van der Waals surface area contributed by atoms with Crippen LogP contribution in [0, 0.1) is 6.92 Å². The molecule has 0 bridgehead atoms. The highest BCUT2D eigenvalue weighted by atomic mass is 79.9. The molecule has 2 aromatic rings. The van der Waals surface area contributed by atoms with Gasteiger partial charge in [-0.05, 0) is 38.5 Å². The number of benzene rings is 1. The maximum absolute atomic E-state index is 12.4. The van der Waals surface area contributed by atoms with E-state index in [1.54, 1.807) is 39.0 Å². The van der Waals surface area contributed by atoms with E-state index >= 15 is 0 Å². The summed E-state index contributed by atoms with van der Waals surface area (Å²) in [6, 6.07) is 4.99. The molecule has 0 saturated carbocycles. The molecule has 0 radical (unpaired) electrons. The number of hydrogen-bond acceptors (Lipinski definition) is 6. The van der Waals surface area contributed by atoms with Gasteiger partial charge in [-0.1, -0.05) is 21.1 Å². The van der Waals surface area contributed by atoms with Crippen molar-refractivity contribution in [2.24, 2.45) is 0 Å². The van der Waals surface area contributed by atoms with Crippen molar-refractivity contribution in [1.82, 2.24) is 20.4 Å². The molecule has 0 atom stereocenters. The van der Waals surface area contributed by atoms with Gasteiger partial charge in [-0.25, -0.2) is 0 Å². The summed E-state index contributed by atoms with van der Waals surface area (Å²) in [6.45, 7) is 5.41. The number of amides is 3. The van der Waals surface area contributed by atoms with Crippen molar-refractivity contribution in [1.29, 1.82) is 0 Å². The fourth-order valence-electron chi connectivity index (χ4n) is 2.88. The molecule has 1 aromatic heterocycles. The zero-order valence-corrected chi connectivity index (χ0v) is 16.8. The van der Waals surface area contributed by atoms with E-state index < -0.39 is 5.54 Å². The van der Waals surface area contributed by atoms with E-state index in [0.29, 0.717) is 29.3 Å². The lowest BCUT2D eigenvalue weighted by atomic mass is 10.0. The van der Waals surface area contributed by atoms with E-state index in [-0.39, 0.29) is 30.7 Å². The maximum atomic E-state index is 12.4. The molecule has 2 heterocycles. The van der Waals surface area contributed by atoms with Gasteiger partial charge in [-0.3, -0.25) is 19.3 Å². The summed E-state index contributed by atoms with van der Waals surface area (Å²) in [4.78, 5) is 42.3. The van der Waals surface area contributed by atoms with Crippen molar-refractivity contribution in [3.05, 3.63) is 45.5 Å². The Kier molecular flexibility index (Phi) is 5.14. The third-order valence-electron chi connectivity index (χ3n) is 4.26. The first-order valence-corrected chi connectivity index (χ1v) is 9.26. The van der Waals surface area contributed by atoms with Crippen LogP contribution in [0.15, 0.2) is 27.2 Å². The van der Waals surface area contributed by atoms with Gasteiger partial charge in [-0.15, -0.1) is 0 Å². The lowest BCUT2D eigenvalue weighted by Gasteiger charge is -2.22. The first-order valence-electron chi connectivity index (χ1n) is 8.46. The molecule has 0 saturated heterocycles. The molecule has 0 fully saturated rings. The second kappa shape index (κ2) is 7.22. The van der Waals surface area contributed by atoms with E-state index in [2.05, 4.69) is 31.4 Å². The van der Waals surface area contributed by atoms with Crippen LogP contribution in [0.2, 0.25) is 0 Å². The highest BCUT2D eigenvalue weighted by Crippen LogP contribution is 2.26. The Morgan fingerprint density at radius 1 is 1.26 bits per heavy atom. The van der Waals surface area contributed by atoms with Crippen LogP contribution in [-0.4, -0.2) is 39.3 Å². The highest BCUT2D eigenvalue weighted by molar-refractivity contribution is 9.10. The minimum Gasteiger partial charge on any atom is -0.344 e. The number of aryl methyl sites for hydroxylation is 1. The number of halogens is 1. The zero-order valence-electron chi connectivity index (χ0n) is 15.2. The number of aromatic nitrogens is 2. The standard InChI is InChI=1S/C18H19BrN4O4/c1-10-20-17(22-27-10)18(2,3)21-14(24)5-4-8-23-15(25)12-7-6-11(19)9-13(12)16(23)26/h6-7,9H,4-5,8H2,1-3H3,(H,21,24). The molecule has 1 aliphatic rings. The maximum Gasteiger partial charge on any atom is 0.261 e. The Morgan fingerprint density at radius 3 is 2.63 bits per heavy atom. The van der Waals surface area contributed by atoms with Gasteiger partial charge >= 0.3 is 0 Å². The molecule has 142 valence electrons. The molecule has 27 heavy (non-hydrogen) atoms. The van der Waals surface area contributed by atoms with Crippen molar-refractivity contribution in [2.45, 2.75) is 39.2 Å². The van der Waals surface area contributed by atoms with Crippen molar-refractivity contribution < 1.29 is 18.9 Å². The number of rotatable bonds is 6. The van der Waals surface area contributed by atoms with Crippen LogP contribution < -0.4 is 5.32 Å². The van der Waals surface area contributed by atoms with Gasteiger partial charge in [0.1, 0.15) is 0 Å². The molecule has 3 amide bonds. The molecule has 3 rings (SSSR count). The molecule has 0 unspecified atom stereocenters. The summed E-state index contributed by atoms with van der Waals surface area (Å²) in [5, 5.41) is 6.67. The second-order valence-electron chi connectivity index (χ2n) is 6.87. The molecule has 1 N–H and O–H groups in total. The molecular weight excluding hydrogens is 416 g/mol. The fraction of sp³-hybridized carbons (Fsp3) is 0.389. The van der Waals surface area contributed by atoms with Crippen LogP contribution in [0.5, 0.6) is 0 Å². The van der Waals surface area contributed by atoms with Crippen LogP contribution in [0.3, 0.4) is 0 Å². The van der Waals surface area contributed by atoms with Crippen LogP contribution in [0.25, 0.3) is 0 Å². The Morgan fingerprint density at radius 2 is 1.96 bits per heavy atom. The van der Waals surface area contributed by atoms with Gasteiger partial charge in [0.05, 0.1) is 16.7 Å². The van der Waals surface area contributed by atoms with Crippen molar-refractivity contribution in [3.63, 3.8) is 0 Å². The summed E-state index contributed by atoms with van der Waals surface area (Å²) >= 11 is 3.30. The summed E-state index contributed by atoms with van der Waals surface area (Å²) in [7, 11) is 0. The number of carbonyl (C=O) groups excluding carboxylic acids is 3. The normalized spacial score (nSPS) is 13.9. The second-order valence-corrected chi connectivity index (χ2v) is 7.78. The summed E-state index contributed by atoms with van der Waals surface area (Å²) in [6.07, 6.45) is 0.525.